The second-order valence-corrected chi connectivity index (χ2v) is 13.2. The maximum absolute atomic E-state index is 14.4. The highest BCUT2D eigenvalue weighted by molar-refractivity contribution is 7.92. The van der Waals surface area contributed by atoms with Crippen LogP contribution in [0.4, 0.5) is 5.69 Å². The molecule has 10 nitrogen and oxygen atoms in total. The lowest BCUT2D eigenvalue weighted by Gasteiger charge is -2.33. The minimum absolute atomic E-state index is 0.0564. The second kappa shape index (κ2) is 15.9. The van der Waals surface area contributed by atoms with Crippen molar-refractivity contribution in [3.63, 3.8) is 0 Å². The van der Waals surface area contributed by atoms with Gasteiger partial charge in [-0.05, 0) is 55.2 Å². The van der Waals surface area contributed by atoms with Gasteiger partial charge in [0.15, 0.2) is 11.5 Å². The van der Waals surface area contributed by atoms with Crippen molar-refractivity contribution in [1.29, 1.82) is 0 Å². The fourth-order valence-corrected chi connectivity index (χ4v) is 6.42. The summed E-state index contributed by atoms with van der Waals surface area (Å²) in [6.07, 6.45) is 0.310. The molecule has 0 spiro atoms. The van der Waals surface area contributed by atoms with Crippen molar-refractivity contribution < 1.29 is 32.2 Å². The lowest BCUT2D eigenvalue weighted by Crippen LogP contribution is -2.52. The fraction of sp³-hybridized carbons (Fsp3) is 0.394. The maximum atomic E-state index is 14.4. The molecule has 45 heavy (non-hydrogen) atoms. The standard InChI is InChI=1S/C33H42ClN3O7S/c1-8-27(33(39)35-19-22(2)3)36(20-24-11-9-10-23(4)16-24)32(38)21-37(28-17-25(34)12-14-29(28)42-5)45(40,41)26-13-15-30(43-6)31(18-26)44-7/h9-18,22,27H,8,19-21H2,1-7H3,(H,35,39)/t27-/m1/s1. The SMILES string of the molecule is CC[C@H](C(=O)NCC(C)C)N(Cc1cccc(C)c1)C(=O)CN(c1cc(Cl)ccc1OC)S(=O)(=O)c1ccc(OC)c(OC)c1. The van der Waals surface area contributed by atoms with E-state index in [4.69, 9.17) is 25.8 Å². The van der Waals surface area contributed by atoms with Crippen molar-refractivity contribution >= 4 is 39.1 Å². The molecule has 0 saturated heterocycles. The molecular formula is C33H42ClN3O7S. The van der Waals surface area contributed by atoms with Crippen molar-refractivity contribution in [2.45, 2.75) is 51.6 Å². The number of amides is 2. The van der Waals surface area contributed by atoms with Gasteiger partial charge in [0.25, 0.3) is 10.0 Å². The predicted molar refractivity (Wildman–Crippen MR) is 176 cm³/mol. The molecule has 0 heterocycles. The summed E-state index contributed by atoms with van der Waals surface area (Å²) >= 11 is 6.34. The average Bonchev–Trinajstić information content (AvgIpc) is 3.01. The van der Waals surface area contributed by atoms with Crippen LogP contribution in [0.2, 0.25) is 5.02 Å². The van der Waals surface area contributed by atoms with Gasteiger partial charge in [0.2, 0.25) is 11.8 Å². The molecule has 0 saturated carbocycles. The van der Waals surface area contributed by atoms with E-state index in [0.717, 1.165) is 15.4 Å². The first-order valence-electron chi connectivity index (χ1n) is 14.6. The van der Waals surface area contributed by atoms with Crippen LogP contribution >= 0.6 is 11.6 Å². The third-order valence-corrected chi connectivity index (χ3v) is 9.13. The molecule has 0 fully saturated rings. The van der Waals surface area contributed by atoms with E-state index in [0.29, 0.717) is 18.7 Å². The summed E-state index contributed by atoms with van der Waals surface area (Å²) in [6, 6.07) is 15.4. The first-order valence-corrected chi connectivity index (χ1v) is 16.4. The van der Waals surface area contributed by atoms with Crippen molar-refractivity contribution in [3.05, 3.63) is 76.8 Å². The van der Waals surface area contributed by atoms with Gasteiger partial charge in [0, 0.05) is 24.2 Å². The molecule has 0 aromatic heterocycles. The first-order chi connectivity index (χ1) is 21.4. The first kappa shape index (κ1) is 35.5. The summed E-state index contributed by atoms with van der Waals surface area (Å²) in [7, 11) is -0.198. The van der Waals surface area contributed by atoms with Crippen molar-refractivity contribution in [1.82, 2.24) is 10.2 Å². The van der Waals surface area contributed by atoms with Crippen LogP contribution in [0.5, 0.6) is 17.2 Å². The van der Waals surface area contributed by atoms with Gasteiger partial charge in [-0.15, -0.1) is 0 Å². The maximum Gasteiger partial charge on any atom is 0.265 e. The molecule has 0 aliphatic carbocycles. The molecule has 12 heteroatoms. The molecule has 0 aliphatic heterocycles. The van der Waals surface area contributed by atoms with Crippen molar-refractivity contribution in [3.8, 4) is 17.2 Å². The van der Waals surface area contributed by atoms with E-state index in [1.165, 1.54) is 56.6 Å². The Morgan fingerprint density at radius 1 is 0.911 bits per heavy atom. The van der Waals surface area contributed by atoms with Crippen LogP contribution < -0.4 is 23.8 Å². The Kier molecular flexibility index (Phi) is 12.5. The van der Waals surface area contributed by atoms with Gasteiger partial charge >= 0.3 is 0 Å². The third-order valence-electron chi connectivity index (χ3n) is 7.14. The number of benzene rings is 3. The minimum Gasteiger partial charge on any atom is -0.495 e. The molecule has 2 amide bonds. The van der Waals surface area contributed by atoms with E-state index < -0.39 is 28.5 Å². The normalized spacial score (nSPS) is 11.9. The monoisotopic (exact) mass is 659 g/mol. The molecule has 0 unspecified atom stereocenters. The summed E-state index contributed by atoms with van der Waals surface area (Å²) in [4.78, 5) is 29.1. The molecule has 1 N–H and O–H groups in total. The van der Waals surface area contributed by atoms with Crippen LogP contribution in [-0.2, 0) is 26.2 Å². The fourth-order valence-electron chi connectivity index (χ4n) is 4.82. The van der Waals surface area contributed by atoms with Gasteiger partial charge in [0.05, 0.1) is 31.9 Å². The smallest absolute Gasteiger partial charge is 0.265 e. The highest BCUT2D eigenvalue weighted by Gasteiger charge is 2.35. The number of carbonyl (C=O) groups excluding carboxylic acids is 2. The number of carbonyl (C=O) groups is 2. The van der Waals surface area contributed by atoms with E-state index >= 15 is 0 Å². The topological polar surface area (TPSA) is 114 Å². The summed E-state index contributed by atoms with van der Waals surface area (Å²) in [5.41, 5.74) is 1.84. The number of rotatable bonds is 15. The molecule has 0 bridgehead atoms. The van der Waals surface area contributed by atoms with Gasteiger partial charge < -0.3 is 24.4 Å². The second-order valence-electron chi connectivity index (χ2n) is 10.9. The van der Waals surface area contributed by atoms with E-state index in [1.807, 2.05) is 52.0 Å². The summed E-state index contributed by atoms with van der Waals surface area (Å²) in [5.74, 6) is 0.00256. The molecule has 3 aromatic carbocycles. The van der Waals surface area contributed by atoms with Gasteiger partial charge in [-0.25, -0.2) is 8.42 Å². The number of hydrogen-bond donors (Lipinski definition) is 1. The van der Waals surface area contributed by atoms with Crippen LogP contribution in [0.3, 0.4) is 0 Å². The highest BCUT2D eigenvalue weighted by atomic mass is 35.5. The Bertz CT molecular complexity index is 1600. The van der Waals surface area contributed by atoms with E-state index in [-0.39, 0.29) is 45.5 Å². The van der Waals surface area contributed by atoms with Crippen LogP contribution in [0, 0.1) is 12.8 Å². The molecular weight excluding hydrogens is 618 g/mol. The lowest BCUT2D eigenvalue weighted by molar-refractivity contribution is -0.140. The van der Waals surface area contributed by atoms with E-state index in [2.05, 4.69) is 5.32 Å². The zero-order chi connectivity index (χ0) is 33.3. The van der Waals surface area contributed by atoms with Crippen LogP contribution in [-0.4, -0.2) is 65.6 Å². The molecule has 0 aliphatic rings. The molecule has 1 atom stereocenters. The number of hydrogen-bond acceptors (Lipinski definition) is 7. The number of nitrogens with zero attached hydrogens (tertiary/aromatic N) is 2. The van der Waals surface area contributed by atoms with E-state index in [9.17, 15) is 18.0 Å². The van der Waals surface area contributed by atoms with Gasteiger partial charge in [-0.1, -0.05) is 62.2 Å². The number of anilines is 1. The molecule has 244 valence electrons. The number of ether oxygens (including phenoxy) is 3. The quantitative estimate of drug-likeness (QED) is 0.231. The van der Waals surface area contributed by atoms with Gasteiger partial charge in [0.1, 0.15) is 18.3 Å². The van der Waals surface area contributed by atoms with Crippen LogP contribution in [0.25, 0.3) is 0 Å². The molecule has 3 rings (SSSR count). The average molecular weight is 660 g/mol. The Morgan fingerprint density at radius 2 is 1.58 bits per heavy atom. The number of halogens is 1. The number of nitrogens with one attached hydrogen (secondary N) is 1. The number of aryl methyl sites for hydroxylation is 1. The van der Waals surface area contributed by atoms with Gasteiger partial charge in [-0.3, -0.25) is 13.9 Å². The summed E-state index contributed by atoms with van der Waals surface area (Å²) in [6.45, 7) is 7.58. The Hall–Kier alpha value is -3.96. The number of methoxy groups -OCH3 is 3. The third kappa shape index (κ3) is 8.82. The van der Waals surface area contributed by atoms with Crippen LogP contribution in [0.1, 0.15) is 38.3 Å². The largest absolute Gasteiger partial charge is 0.495 e. The van der Waals surface area contributed by atoms with Crippen molar-refractivity contribution in [2.24, 2.45) is 5.92 Å². The zero-order valence-corrected chi connectivity index (χ0v) is 28.4. The lowest BCUT2D eigenvalue weighted by atomic mass is 10.1. The highest BCUT2D eigenvalue weighted by Crippen LogP contribution is 2.37. The Labute approximate surface area is 271 Å². The Morgan fingerprint density at radius 3 is 2.18 bits per heavy atom. The summed E-state index contributed by atoms with van der Waals surface area (Å²) < 4.78 is 45.8. The van der Waals surface area contributed by atoms with Crippen LogP contribution in [0.15, 0.2) is 65.6 Å². The predicted octanol–water partition coefficient (Wildman–Crippen LogP) is 5.45. The molecule has 0 radical (unpaired) electrons. The van der Waals surface area contributed by atoms with Gasteiger partial charge in [-0.2, -0.15) is 0 Å². The zero-order valence-electron chi connectivity index (χ0n) is 26.8. The Balaban J connectivity index is 2.17. The molecule has 3 aromatic rings. The minimum atomic E-state index is -4.43. The summed E-state index contributed by atoms with van der Waals surface area (Å²) in [5, 5.41) is 3.17. The number of sulfonamides is 1. The van der Waals surface area contributed by atoms with Crippen molar-refractivity contribution in [2.75, 3.05) is 38.7 Å². The van der Waals surface area contributed by atoms with E-state index in [1.54, 1.807) is 6.07 Å².